The van der Waals surface area contributed by atoms with Gasteiger partial charge in [-0.3, -0.25) is 0 Å². The number of carbonyl (C=O) groups excluding carboxylic acids is 1. The van der Waals surface area contributed by atoms with Crippen LogP contribution >= 0.6 is 0 Å². The summed E-state index contributed by atoms with van der Waals surface area (Å²) in [5.41, 5.74) is 0.701. The Morgan fingerprint density at radius 3 is 2.62 bits per heavy atom. The average Bonchev–Trinajstić information content (AvgIpc) is 3.02. The third-order valence-electron chi connectivity index (χ3n) is 3.80. The van der Waals surface area contributed by atoms with Crippen LogP contribution in [0.15, 0.2) is 24.3 Å². The fourth-order valence-corrected chi connectivity index (χ4v) is 2.54. The second-order valence-electron chi connectivity index (χ2n) is 5.84. The standard InChI is InChI=1S/C16H21F3N2O3/c1-11(14-4-3-9-23-14)20-15(22)21(2)10-12-5-7-13(8-6-12)24-16(17,18)19/h5-8,11,14H,3-4,9-10H2,1-2H3,(H,20,22)/t11-,14-/m0/s1. The van der Waals surface area contributed by atoms with Crippen molar-refractivity contribution in [3.63, 3.8) is 0 Å². The Morgan fingerprint density at radius 2 is 2.08 bits per heavy atom. The predicted octanol–water partition coefficient (Wildman–Crippen LogP) is 3.29. The number of ether oxygens (including phenoxy) is 2. The lowest BCUT2D eigenvalue weighted by molar-refractivity contribution is -0.274. The van der Waals surface area contributed by atoms with E-state index in [1.54, 1.807) is 7.05 Å². The van der Waals surface area contributed by atoms with Crippen LogP contribution in [0.5, 0.6) is 5.75 Å². The molecule has 1 aromatic rings. The Balaban J connectivity index is 1.84. The largest absolute Gasteiger partial charge is 0.573 e. The van der Waals surface area contributed by atoms with Crippen molar-refractivity contribution in [1.29, 1.82) is 0 Å². The van der Waals surface area contributed by atoms with Gasteiger partial charge in [-0.2, -0.15) is 0 Å². The summed E-state index contributed by atoms with van der Waals surface area (Å²) >= 11 is 0. The first-order valence-corrected chi connectivity index (χ1v) is 7.72. The number of benzene rings is 1. The molecule has 5 nitrogen and oxygen atoms in total. The molecule has 0 spiro atoms. The van der Waals surface area contributed by atoms with E-state index in [0.29, 0.717) is 12.2 Å². The van der Waals surface area contributed by atoms with Crippen LogP contribution in [0.4, 0.5) is 18.0 Å². The lowest BCUT2D eigenvalue weighted by Gasteiger charge is -2.24. The molecule has 1 N–H and O–H groups in total. The smallest absolute Gasteiger partial charge is 0.406 e. The van der Waals surface area contributed by atoms with Crippen LogP contribution in [0.1, 0.15) is 25.3 Å². The van der Waals surface area contributed by atoms with Gasteiger partial charge < -0.3 is 19.7 Å². The minimum absolute atomic E-state index is 0.0288. The Kier molecular flexibility index (Phi) is 5.93. The maximum absolute atomic E-state index is 12.2. The third-order valence-corrected chi connectivity index (χ3v) is 3.80. The average molecular weight is 346 g/mol. The van der Waals surface area contributed by atoms with Gasteiger partial charge in [0, 0.05) is 20.2 Å². The first-order valence-electron chi connectivity index (χ1n) is 7.72. The van der Waals surface area contributed by atoms with Gasteiger partial charge in [0.25, 0.3) is 0 Å². The second kappa shape index (κ2) is 7.74. The molecule has 2 atom stereocenters. The van der Waals surface area contributed by atoms with Crippen molar-refractivity contribution in [1.82, 2.24) is 10.2 Å². The second-order valence-corrected chi connectivity index (χ2v) is 5.84. The molecule has 1 aliphatic rings. The monoisotopic (exact) mass is 346 g/mol. The van der Waals surface area contributed by atoms with Gasteiger partial charge in [-0.25, -0.2) is 4.79 Å². The summed E-state index contributed by atoms with van der Waals surface area (Å²) in [6.45, 7) is 2.88. The molecular weight excluding hydrogens is 325 g/mol. The molecule has 8 heteroatoms. The SMILES string of the molecule is C[C@H](NC(=O)N(C)Cc1ccc(OC(F)(F)F)cc1)[C@@H]1CCCO1. The molecule has 1 saturated heterocycles. The van der Waals surface area contributed by atoms with Crippen molar-refractivity contribution < 1.29 is 27.4 Å². The normalized spacial score (nSPS) is 19.0. The Labute approximate surface area is 138 Å². The number of alkyl halides is 3. The lowest BCUT2D eigenvalue weighted by atomic mass is 10.1. The van der Waals surface area contributed by atoms with Crippen molar-refractivity contribution >= 4 is 6.03 Å². The Bertz CT molecular complexity index is 542. The van der Waals surface area contributed by atoms with Gasteiger partial charge in [0.15, 0.2) is 0 Å². The van der Waals surface area contributed by atoms with Crippen molar-refractivity contribution in [3.05, 3.63) is 29.8 Å². The molecule has 0 aliphatic carbocycles. The van der Waals surface area contributed by atoms with Gasteiger partial charge in [-0.15, -0.1) is 13.2 Å². The van der Waals surface area contributed by atoms with Gasteiger partial charge in [-0.05, 0) is 37.5 Å². The number of urea groups is 1. The zero-order valence-corrected chi connectivity index (χ0v) is 13.6. The van der Waals surface area contributed by atoms with Crippen LogP contribution in [0.3, 0.4) is 0 Å². The molecule has 0 aromatic heterocycles. The van der Waals surface area contributed by atoms with Crippen LogP contribution in [0.25, 0.3) is 0 Å². The molecule has 1 heterocycles. The van der Waals surface area contributed by atoms with E-state index in [-0.39, 0.29) is 30.5 Å². The highest BCUT2D eigenvalue weighted by Crippen LogP contribution is 2.23. The third kappa shape index (κ3) is 5.59. The van der Waals surface area contributed by atoms with Crippen LogP contribution in [0.2, 0.25) is 0 Å². The number of hydrogen-bond donors (Lipinski definition) is 1. The Morgan fingerprint density at radius 1 is 1.42 bits per heavy atom. The van der Waals surface area contributed by atoms with Crippen molar-refractivity contribution in [2.75, 3.05) is 13.7 Å². The minimum Gasteiger partial charge on any atom is -0.406 e. The van der Waals surface area contributed by atoms with Gasteiger partial charge >= 0.3 is 12.4 Å². The van der Waals surface area contributed by atoms with Gasteiger partial charge in [-0.1, -0.05) is 12.1 Å². The fraction of sp³-hybridized carbons (Fsp3) is 0.562. The van der Waals surface area contributed by atoms with Crippen molar-refractivity contribution in [3.8, 4) is 5.75 Å². The van der Waals surface area contributed by atoms with E-state index in [9.17, 15) is 18.0 Å². The molecule has 0 bridgehead atoms. The first kappa shape index (κ1) is 18.4. The molecule has 0 unspecified atom stereocenters. The molecular formula is C16H21F3N2O3. The van der Waals surface area contributed by atoms with E-state index in [4.69, 9.17) is 4.74 Å². The topological polar surface area (TPSA) is 50.8 Å². The number of amides is 2. The maximum Gasteiger partial charge on any atom is 0.573 e. The lowest BCUT2D eigenvalue weighted by Crippen LogP contribution is -2.46. The highest BCUT2D eigenvalue weighted by Gasteiger charge is 2.31. The summed E-state index contributed by atoms with van der Waals surface area (Å²) < 4.78 is 45.7. The molecule has 2 rings (SSSR count). The van der Waals surface area contributed by atoms with E-state index >= 15 is 0 Å². The van der Waals surface area contributed by atoms with Crippen molar-refractivity contribution in [2.24, 2.45) is 0 Å². The molecule has 24 heavy (non-hydrogen) atoms. The number of rotatable bonds is 5. The van der Waals surface area contributed by atoms with E-state index in [0.717, 1.165) is 12.8 Å². The van der Waals surface area contributed by atoms with Crippen LogP contribution in [-0.2, 0) is 11.3 Å². The molecule has 0 radical (unpaired) electrons. The number of carbonyl (C=O) groups is 1. The first-order chi connectivity index (χ1) is 11.2. The maximum atomic E-state index is 12.2. The van der Waals surface area contributed by atoms with Crippen LogP contribution in [-0.4, -0.2) is 43.1 Å². The number of nitrogens with one attached hydrogen (secondary N) is 1. The highest BCUT2D eigenvalue weighted by molar-refractivity contribution is 5.74. The van der Waals surface area contributed by atoms with E-state index in [2.05, 4.69) is 10.1 Å². The zero-order chi connectivity index (χ0) is 17.7. The van der Waals surface area contributed by atoms with Crippen molar-refractivity contribution in [2.45, 2.75) is 44.8 Å². The number of nitrogens with zero attached hydrogens (tertiary/aromatic N) is 1. The summed E-state index contributed by atoms with van der Waals surface area (Å²) in [6, 6.07) is 5.09. The van der Waals surface area contributed by atoms with Gasteiger partial charge in [0.2, 0.25) is 0 Å². The number of hydrogen-bond acceptors (Lipinski definition) is 3. The number of halogens is 3. The molecule has 0 saturated carbocycles. The summed E-state index contributed by atoms with van der Waals surface area (Å²) in [7, 11) is 1.62. The fourth-order valence-electron chi connectivity index (χ4n) is 2.54. The van der Waals surface area contributed by atoms with Crippen LogP contribution in [0, 0.1) is 0 Å². The highest BCUT2D eigenvalue weighted by atomic mass is 19.4. The Hall–Kier alpha value is -1.96. The van der Waals surface area contributed by atoms with E-state index in [1.165, 1.54) is 29.2 Å². The molecule has 1 fully saturated rings. The summed E-state index contributed by atoms with van der Waals surface area (Å²) in [6.07, 6.45) is -2.77. The molecule has 2 amide bonds. The van der Waals surface area contributed by atoms with E-state index in [1.807, 2.05) is 6.92 Å². The van der Waals surface area contributed by atoms with E-state index < -0.39 is 6.36 Å². The summed E-state index contributed by atoms with van der Waals surface area (Å²) in [4.78, 5) is 13.6. The molecule has 1 aliphatic heterocycles. The zero-order valence-electron chi connectivity index (χ0n) is 13.6. The summed E-state index contributed by atoms with van der Waals surface area (Å²) in [5.74, 6) is -0.287. The molecule has 134 valence electrons. The quantitative estimate of drug-likeness (QED) is 0.890. The predicted molar refractivity (Wildman–Crippen MR) is 81.6 cm³/mol. The van der Waals surface area contributed by atoms with Gasteiger partial charge in [0.05, 0.1) is 12.1 Å². The summed E-state index contributed by atoms with van der Waals surface area (Å²) in [5, 5.41) is 2.87. The van der Waals surface area contributed by atoms with Crippen LogP contribution < -0.4 is 10.1 Å². The molecule has 1 aromatic carbocycles. The minimum atomic E-state index is -4.71. The van der Waals surface area contributed by atoms with Gasteiger partial charge in [0.1, 0.15) is 5.75 Å².